The summed E-state index contributed by atoms with van der Waals surface area (Å²) in [5.41, 5.74) is 1.52. The molecule has 48 heavy (non-hydrogen) atoms. The molecule has 0 aliphatic heterocycles. The van der Waals surface area contributed by atoms with Crippen LogP contribution in [-0.4, -0.2) is 44.9 Å². The van der Waals surface area contributed by atoms with Crippen molar-refractivity contribution in [1.29, 1.82) is 0 Å². The van der Waals surface area contributed by atoms with E-state index in [0.717, 1.165) is 16.7 Å². The zero-order chi connectivity index (χ0) is 36.5. The summed E-state index contributed by atoms with van der Waals surface area (Å²) in [7, 11) is 0. The van der Waals surface area contributed by atoms with Gasteiger partial charge in [-0.05, 0) is 70.3 Å². The lowest BCUT2D eigenvalue weighted by Gasteiger charge is -2.49. The van der Waals surface area contributed by atoms with Crippen LogP contribution in [0.15, 0.2) is 107 Å². The van der Waals surface area contributed by atoms with Crippen LogP contribution >= 0.6 is 0 Å². The van der Waals surface area contributed by atoms with Crippen molar-refractivity contribution in [2.75, 3.05) is 0 Å². The van der Waals surface area contributed by atoms with E-state index in [2.05, 4.69) is 26.0 Å². The van der Waals surface area contributed by atoms with Gasteiger partial charge in [0.1, 0.15) is 11.9 Å². The summed E-state index contributed by atoms with van der Waals surface area (Å²) in [6.45, 7) is 21.1. The number of esters is 1. The SMILES string of the molecule is CC(=O)O[C@@H]1CC(C)(C)C(C=C/C(C)=C/C=C/C(C)=C/C=C/C=C(C)/C=C/C=C(C)\C(O)=C\C(=O)[C@]2(C)C[C@@H](O)CC2(C)C)[C@@](C)(O)C1. The molecular weight excluding hydrogens is 600 g/mol. The Balaban J connectivity index is 1.94. The molecule has 0 aromatic rings. The smallest absolute Gasteiger partial charge is 0.302 e. The van der Waals surface area contributed by atoms with Gasteiger partial charge in [0.15, 0.2) is 5.78 Å². The zero-order valence-corrected chi connectivity index (χ0v) is 31.1. The number of hydrogen-bond donors (Lipinski definition) is 3. The Labute approximate surface area is 289 Å². The minimum Gasteiger partial charge on any atom is -0.508 e. The monoisotopic (exact) mass is 660 g/mol. The van der Waals surface area contributed by atoms with Crippen molar-refractivity contribution in [1.82, 2.24) is 0 Å². The highest BCUT2D eigenvalue weighted by Crippen LogP contribution is 2.53. The maximum Gasteiger partial charge on any atom is 0.302 e. The summed E-state index contributed by atoms with van der Waals surface area (Å²) >= 11 is 0. The predicted octanol–water partition coefficient (Wildman–Crippen LogP) is 9.31. The number of rotatable bonds is 12. The summed E-state index contributed by atoms with van der Waals surface area (Å²) < 4.78 is 5.44. The largest absolute Gasteiger partial charge is 0.508 e. The molecular formula is C42H60O6. The number of allylic oxidation sites excluding steroid dienone is 16. The van der Waals surface area contributed by atoms with Crippen LogP contribution < -0.4 is 0 Å². The van der Waals surface area contributed by atoms with Crippen molar-refractivity contribution in [3.63, 3.8) is 0 Å². The van der Waals surface area contributed by atoms with Crippen LogP contribution in [0.2, 0.25) is 0 Å². The van der Waals surface area contributed by atoms with E-state index in [1.54, 1.807) is 13.0 Å². The highest BCUT2D eigenvalue weighted by Gasteiger charge is 2.53. The van der Waals surface area contributed by atoms with Gasteiger partial charge in [-0.1, -0.05) is 124 Å². The maximum atomic E-state index is 13.0. The molecule has 2 rings (SSSR count). The molecule has 6 heteroatoms. The Hall–Kier alpha value is -3.48. The molecule has 2 aliphatic carbocycles. The Bertz CT molecular complexity index is 1430. The molecule has 0 heterocycles. The molecule has 264 valence electrons. The molecule has 0 radical (unpaired) electrons. The summed E-state index contributed by atoms with van der Waals surface area (Å²) in [4.78, 5) is 24.5. The van der Waals surface area contributed by atoms with E-state index in [1.807, 2.05) is 103 Å². The van der Waals surface area contributed by atoms with Crippen LogP contribution in [0.5, 0.6) is 0 Å². The van der Waals surface area contributed by atoms with Crippen LogP contribution in [-0.2, 0) is 14.3 Å². The summed E-state index contributed by atoms with van der Waals surface area (Å²) in [5, 5.41) is 31.9. The number of aliphatic hydroxyl groups is 3. The van der Waals surface area contributed by atoms with Crippen molar-refractivity contribution in [3.05, 3.63) is 107 Å². The van der Waals surface area contributed by atoms with Gasteiger partial charge in [-0.25, -0.2) is 0 Å². The third kappa shape index (κ3) is 11.6. The van der Waals surface area contributed by atoms with Gasteiger partial charge in [-0.2, -0.15) is 0 Å². The van der Waals surface area contributed by atoms with Crippen molar-refractivity contribution in [2.24, 2.45) is 22.2 Å². The molecule has 6 nitrogen and oxygen atoms in total. The number of ether oxygens (including phenoxy) is 1. The average molecular weight is 661 g/mol. The molecule has 1 unspecified atom stereocenters. The third-order valence-corrected chi connectivity index (χ3v) is 10.1. The van der Waals surface area contributed by atoms with Crippen LogP contribution in [0.25, 0.3) is 0 Å². The summed E-state index contributed by atoms with van der Waals surface area (Å²) in [6.07, 6.45) is 26.4. The fourth-order valence-electron chi connectivity index (χ4n) is 7.08. The highest BCUT2D eigenvalue weighted by molar-refractivity contribution is 5.96. The normalized spacial score (nSPS) is 30.7. The summed E-state index contributed by atoms with van der Waals surface area (Å²) in [5.74, 6) is -0.603. The van der Waals surface area contributed by atoms with Crippen molar-refractivity contribution >= 4 is 11.8 Å². The fourth-order valence-corrected chi connectivity index (χ4v) is 7.08. The van der Waals surface area contributed by atoms with Gasteiger partial charge in [0.25, 0.3) is 0 Å². The molecule has 2 fully saturated rings. The van der Waals surface area contributed by atoms with Gasteiger partial charge in [0.05, 0.1) is 11.7 Å². The molecule has 2 aliphatic rings. The van der Waals surface area contributed by atoms with Gasteiger partial charge in [-0.15, -0.1) is 0 Å². The zero-order valence-electron chi connectivity index (χ0n) is 31.1. The lowest BCUT2D eigenvalue weighted by Crippen LogP contribution is -2.51. The lowest BCUT2D eigenvalue weighted by molar-refractivity contribution is -0.163. The third-order valence-electron chi connectivity index (χ3n) is 10.1. The molecule has 0 bridgehead atoms. The quantitative estimate of drug-likeness (QED) is 0.0834. The second-order valence-electron chi connectivity index (χ2n) is 15.7. The van der Waals surface area contributed by atoms with Gasteiger partial charge < -0.3 is 20.1 Å². The van der Waals surface area contributed by atoms with Crippen LogP contribution in [0.3, 0.4) is 0 Å². The number of ketones is 1. The van der Waals surface area contributed by atoms with Gasteiger partial charge in [0.2, 0.25) is 0 Å². The average Bonchev–Trinajstić information content (AvgIpc) is 3.15. The number of carbonyl (C=O) groups is 2. The van der Waals surface area contributed by atoms with E-state index in [4.69, 9.17) is 4.74 Å². The van der Waals surface area contributed by atoms with Crippen LogP contribution in [0, 0.1) is 22.2 Å². The molecule has 5 atom stereocenters. The molecule has 0 amide bonds. The van der Waals surface area contributed by atoms with Crippen molar-refractivity contribution in [3.8, 4) is 0 Å². The first kappa shape index (κ1) is 40.7. The Morgan fingerprint density at radius 2 is 1.23 bits per heavy atom. The molecule has 3 N–H and O–H groups in total. The lowest BCUT2D eigenvalue weighted by atomic mass is 9.61. The number of carbonyl (C=O) groups excluding carboxylic acids is 2. The van der Waals surface area contributed by atoms with E-state index in [9.17, 15) is 24.9 Å². The number of hydrogen-bond acceptors (Lipinski definition) is 6. The van der Waals surface area contributed by atoms with Crippen molar-refractivity contribution in [2.45, 2.75) is 120 Å². The molecule has 2 saturated carbocycles. The Morgan fingerprint density at radius 1 is 0.708 bits per heavy atom. The van der Waals surface area contributed by atoms with Crippen molar-refractivity contribution < 1.29 is 29.6 Å². The molecule has 0 aromatic carbocycles. The maximum absolute atomic E-state index is 13.0. The van der Waals surface area contributed by atoms with E-state index >= 15 is 0 Å². The van der Waals surface area contributed by atoms with Crippen LogP contribution in [0.1, 0.15) is 102 Å². The van der Waals surface area contributed by atoms with Gasteiger partial charge in [0, 0.05) is 30.8 Å². The second-order valence-corrected chi connectivity index (χ2v) is 15.7. The first-order valence-electron chi connectivity index (χ1n) is 17.0. The summed E-state index contributed by atoms with van der Waals surface area (Å²) in [6, 6.07) is 0. The predicted molar refractivity (Wildman–Crippen MR) is 197 cm³/mol. The topological polar surface area (TPSA) is 104 Å². The van der Waals surface area contributed by atoms with E-state index in [1.165, 1.54) is 13.0 Å². The second kappa shape index (κ2) is 16.8. The van der Waals surface area contributed by atoms with E-state index in [-0.39, 0.29) is 40.4 Å². The minimum atomic E-state index is -0.974. The fraction of sp³-hybridized carbons (Fsp3) is 0.524. The first-order chi connectivity index (χ1) is 22.1. The Morgan fingerprint density at radius 3 is 1.73 bits per heavy atom. The molecule has 0 saturated heterocycles. The van der Waals surface area contributed by atoms with Gasteiger partial charge >= 0.3 is 5.97 Å². The van der Waals surface area contributed by atoms with Gasteiger partial charge in [-0.3, -0.25) is 9.59 Å². The highest BCUT2D eigenvalue weighted by atomic mass is 16.5. The standard InChI is InChI=1S/C42H60O6/c1-29(18-14-19-31(3)22-23-37-39(6,7)27-35(48-33(5)43)28-42(37,11)47)16-12-13-17-30(2)20-15-21-32(4)36(45)24-38(46)41(10)26-34(44)25-40(41,8)9/h12-24,34-35,37,44-45,47H,25-28H2,1-11H3/b13-12+,18-14+,20-15+,23-22?,29-16+,30-17+,31-19+,32-21-,36-24-/t34-,35+,37?,41-,42-/m0/s1. The molecule has 0 spiro atoms. The minimum absolute atomic E-state index is 0.0590. The number of aliphatic hydroxyl groups excluding tert-OH is 2. The Kier molecular flexibility index (Phi) is 14.2. The van der Waals surface area contributed by atoms with Crippen LogP contribution in [0.4, 0.5) is 0 Å². The van der Waals surface area contributed by atoms with E-state index < -0.39 is 17.1 Å². The van der Waals surface area contributed by atoms with E-state index in [0.29, 0.717) is 31.3 Å². The molecule has 0 aromatic heterocycles. The first-order valence-corrected chi connectivity index (χ1v) is 17.0.